The molecule has 2 aromatic carbocycles. The molecule has 0 spiro atoms. The van der Waals surface area contributed by atoms with Gasteiger partial charge in [0, 0.05) is 16.9 Å². The van der Waals surface area contributed by atoms with Crippen LogP contribution in [0.1, 0.15) is 26.5 Å². The largest absolute Gasteiger partial charge is 0.310 e. The van der Waals surface area contributed by atoms with Crippen molar-refractivity contribution >= 4 is 34.4 Å². The van der Waals surface area contributed by atoms with Crippen LogP contribution in [0, 0.1) is 0 Å². The smallest absolute Gasteiger partial charge is 0.235 e. The van der Waals surface area contributed by atoms with Gasteiger partial charge in [-0.2, -0.15) is 5.10 Å². The van der Waals surface area contributed by atoms with Crippen LogP contribution < -0.4 is 5.32 Å². The third kappa shape index (κ3) is 4.36. The van der Waals surface area contributed by atoms with Gasteiger partial charge < -0.3 is 5.32 Å². The van der Waals surface area contributed by atoms with E-state index in [1.165, 1.54) is 18.1 Å². The number of amides is 1. The molecule has 4 aromatic rings. The van der Waals surface area contributed by atoms with Crippen molar-refractivity contribution in [1.82, 2.24) is 19.7 Å². The van der Waals surface area contributed by atoms with Gasteiger partial charge in [-0.1, -0.05) is 68.9 Å². The van der Waals surface area contributed by atoms with Gasteiger partial charge in [-0.25, -0.2) is 14.6 Å². The van der Waals surface area contributed by atoms with Crippen LogP contribution in [0.3, 0.4) is 0 Å². The second-order valence-corrected chi connectivity index (χ2v) is 8.91. The van der Waals surface area contributed by atoms with Gasteiger partial charge >= 0.3 is 0 Å². The van der Waals surface area contributed by atoms with Crippen LogP contribution in [0.15, 0.2) is 72.0 Å². The molecule has 0 radical (unpaired) electrons. The lowest BCUT2D eigenvalue weighted by Gasteiger charge is -2.14. The molecular formula is C23H23N5OS. The highest BCUT2D eigenvalue weighted by molar-refractivity contribution is 8.00. The number of nitrogens with zero attached hydrogens (tertiary/aromatic N) is 4. The second-order valence-electron chi connectivity index (χ2n) is 7.94. The number of carbonyl (C=O) groups excluding carboxylic acids is 1. The van der Waals surface area contributed by atoms with Crippen LogP contribution in [-0.2, 0) is 10.2 Å². The molecule has 0 aliphatic rings. The number of fused-ring (bicyclic) bond motifs is 1. The molecule has 0 saturated carbocycles. The van der Waals surface area contributed by atoms with E-state index in [0.717, 1.165) is 27.3 Å². The summed E-state index contributed by atoms with van der Waals surface area (Å²) < 4.78 is 1.78. The van der Waals surface area contributed by atoms with Crippen LogP contribution in [0.25, 0.3) is 16.6 Å². The SMILES string of the molecule is CC(C)(C)c1cc(NC(=O)CSc2ncnc3ccccc23)n(-c2ccccc2)n1. The van der Waals surface area contributed by atoms with E-state index in [9.17, 15) is 4.79 Å². The van der Waals surface area contributed by atoms with Gasteiger partial charge in [0.15, 0.2) is 0 Å². The normalized spacial score (nSPS) is 11.6. The summed E-state index contributed by atoms with van der Waals surface area (Å²) in [7, 11) is 0. The maximum Gasteiger partial charge on any atom is 0.235 e. The Hall–Kier alpha value is -3.19. The van der Waals surface area contributed by atoms with Crippen LogP contribution in [0.4, 0.5) is 5.82 Å². The summed E-state index contributed by atoms with van der Waals surface area (Å²) in [4.78, 5) is 21.4. The minimum absolute atomic E-state index is 0.111. The van der Waals surface area contributed by atoms with E-state index in [1.54, 1.807) is 4.68 Å². The Morgan fingerprint density at radius 3 is 2.53 bits per heavy atom. The van der Waals surface area contributed by atoms with E-state index in [2.05, 4.69) is 36.1 Å². The predicted octanol–water partition coefficient (Wildman–Crippen LogP) is 4.84. The maximum absolute atomic E-state index is 12.7. The second kappa shape index (κ2) is 8.28. The molecule has 152 valence electrons. The van der Waals surface area contributed by atoms with Crippen molar-refractivity contribution in [2.24, 2.45) is 0 Å². The third-order valence-electron chi connectivity index (χ3n) is 4.59. The number of anilines is 1. The number of benzene rings is 2. The minimum atomic E-state index is -0.131. The fourth-order valence-corrected chi connectivity index (χ4v) is 3.80. The van der Waals surface area contributed by atoms with Gasteiger partial charge in [-0.05, 0) is 18.2 Å². The first-order chi connectivity index (χ1) is 14.4. The lowest BCUT2D eigenvalue weighted by atomic mass is 9.92. The number of carbonyl (C=O) groups is 1. The molecular weight excluding hydrogens is 394 g/mol. The molecule has 0 fully saturated rings. The van der Waals surface area contributed by atoms with E-state index in [-0.39, 0.29) is 17.1 Å². The zero-order valence-corrected chi connectivity index (χ0v) is 18.0. The summed E-state index contributed by atoms with van der Waals surface area (Å²) in [6, 6.07) is 19.5. The van der Waals surface area contributed by atoms with Crippen molar-refractivity contribution in [1.29, 1.82) is 0 Å². The van der Waals surface area contributed by atoms with Gasteiger partial charge in [0.05, 0.1) is 22.7 Å². The Labute approximate surface area is 179 Å². The number of hydrogen-bond donors (Lipinski definition) is 1. The molecule has 0 aliphatic heterocycles. The Balaban J connectivity index is 1.55. The molecule has 1 N–H and O–H groups in total. The zero-order chi connectivity index (χ0) is 21.1. The highest BCUT2D eigenvalue weighted by Gasteiger charge is 2.21. The topological polar surface area (TPSA) is 72.7 Å². The van der Waals surface area contributed by atoms with Crippen LogP contribution in [0.2, 0.25) is 0 Å². The van der Waals surface area contributed by atoms with Crippen LogP contribution in [0.5, 0.6) is 0 Å². The third-order valence-corrected chi connectivity index (χ3v) is 5.60. The molecule has 2 aromatic heterocycles. The fraction of sp³-hybridized carbons (Fsp3) is 0.217. The molecule has 0 aliphatic carbocycles. The van der Waals surface area contributed by atoms with Crippen molar-refractivity contribution in [3.05, 3.63) is 72.7 Å². The van der Waals surface area contributed by atoms with Crippen molar-refractivity contribution in [2.45, 2.75) is 31.2 Å². The fourth-order valence-electron chi connectivity index (χ4n) is 3.01. The van der Waals surface area contributed by atoms with E-state index in [1.807, 2.05) is 60.7 Å². The average molecular weight is 418 g/mol. The van der Waals surface area contributed by atoms with Gasteiger partial charge in [0.1, 0.15) is 17.2 Å². The lowest BCUT2D eigenvalue weighted by Crippen LogP contribution is -2.17. The number of nitrogens with one attached hydrogen (secondary N) is 1. The van der Waals surface area contributed by atoms with Gasteiger partial charge in [-0.3, -0.25) is 4.79 Å². The average Bonchev–Trinajstić information content (AvgIpc) is 3.17. The number of aromatic nitrogens is 4. The highest BCUT2D eigenvalue weighted by atomic mass is 32.2. The number of rotatable bonds is 5. The highest BCUT2D eigenvalue weighted by Crippen LogP contribution is 2.27. The van der Waals surface area contributed by atoms with E-state index < -0.39 is 0 Å². The van der Waals surface area contributed by atoms with Crippen molar-refractivity contribution in [3.63, 3.8) is 0 Å². The Kier molecular flexibility index (Phi) is 5.55. The molecule has 0 unspecified atom stereocenters. The molecule has 30 heavy (non-hydrogen) atoms. The minimum Gasteiger partial charge on any atom is -0.310 e. The van der Waals surface area contributed by atoms with Crippen molar-refractivity contribution in [2.75, 3.05) is 11.1 Å². The van der Waals surface area contributed by atoms with Gasteiger partial charge in [0.2, 0.25) is 5.91 Å². The molecule has 6 nitrogen and oxygen atoms in total. The van der Waals surface area contributed by atoms with E-state index in [4.69, 9.17) is 5.10 Å². The standard InChI is InChI=1S/C23H23N5OS/c1-23(2,3)19-13-20(28(27-19)16-9-5-4-6-10-16)26-21(29)14-30-22-17-11-7-8-12-18(17)24-15-25-22/h4-13,15H,14H2,1-3H3,(H,26,29). The predicted molar refractivity (Wildman–Crippen MR) is 121 cm³/mol. The van der Waals surface area contributed by atoms with Crippen LogP contribution >= 0.6 is 11.8 Å². The molecule has 7 heteroatoms. The first-order valence-corrected chi connectivity index (χ1v) is 10.7. The summed E-state index contributed by atoms with van der Waals surface area (Å²) >= 11 is 1.40. The number of para-hydroxylation sites is 2. The molecule has 0 atom stereocenters. The summed E-state index contributed by atoms with van der Waals surface area (Å²) in [5.41, 5.74) is 2.55. The summed E-state index contributed by atoms with van der Waals surface area (Å²) in [6.45, 7) is 6.31. The van der Waals surface area contributed by atoms with Crippen molar-refractivity contribution < 1.29 is 4.79 Å². The van der Waals surface area contributed by atoms with Gasteiger partial charge in [-0.15, -0.1) is 0 Å². The Morgan fingerprint density at radius 2 is 1.77 bits per heavy atom. The number of hydrogen-bond acceptors (Lipinski definition) is 5. The van der Waals surface area contributed by atoms with Crippen molar-refractivity contribution in [3.8, 4) is 5.69 Å². The quantitative estimate of drug-likeness (QED) is 0.371. The molecule has 0 saturated heterocycles. The van der Waals surface area contributed by atoms with E-state index in [0.29, 0.717) is 5.82 Å². The maximum atomic E-state index is 12.7. The van der Waals surface area contributed by atoms with Crippen LogP contribution in [-0.4, -0.2) is 31.4 Å². The van der Waals surface area contributed by atoms with E-state index >= 15 is 0 Å². The number of thioether (sulfide) groups is 1. The summed E-state index contributed by atoms with van der Waals surface area (Å²) in [5.74, 6) is 0.788. The first-order valence-electron chi connectivity index (χ1n) is 9.70. The lowest BCUT2D eigenvalue weighted by molar-refractivity contribution is -0.113. The zero-order valence-electron chi connectivity index (χ0n) is 17.2. The van der Waals surface area contributed by atoms with Gasteiger partial charge in [0.25, 0.3) is 0 Å². The molecule has 1 amide bonds. The summed E-state index contributed by atoms with van der Waals surface area (Å²) in [5, 5.41) is 9.50. The Morgan fingerprint density at radius 1 is 1.03 bits per heavy atom. The molecule has 0 bridgehead atoms. The molecule has 4 rings (SSSR count). The monoisotopic (exact) mass is 417 g/mol. The molecule has 2 heterocycles. The Bertz CT molecular complexity index is 1180. The first kappa shape index (κ1) is 20.1. The summed E-state index contributed by atoms with van der Waals surface area (Å²) in [6.07, 6.45) is 1.53.